The lowest BCUT2D eigenvalue weighted by molar-refractivity contribution is -0.140. The predicted octanol–water partition coefficient (Wildman–Crippen LogP) is 3.93. The summed E-state index contributed by atoms with van der Waals surface area (Å²) in [5.74, 6) is -0.542. The summed E-state index contributed by atoms with van der Waals surface area (Å²) < 4.78 is 17.1. The lowest BCUT2D eigenvalue weighted by Crippen LogP contribution is -2.41. The topological polar surface area (TPSA) is 44.8 Å². The van der Waals surface area contributed by atoms with E-state index in [1.54, 1.807) is 0 Å². The van der Waals surface area contributed by atoms with Gasteiger partial charge in [-0.1, -0.05) is 17.7 Å². The van der Waals surface area contributed by atoms with E-state index in [9.17, 15) is 4.79 Å². The molecule has 0 aromatic heterocycles. The van der Waals surface area contributed by atoms with Crippen molar-refractivity contribution in [2.24, 2.45) is 0 Å². The van der Waals surface area contributed by atoms with Gasteiger partial charge in [0.15, 0.2) is 0 Å². The quantitative estimate of drug-likeness (QED) is 0.616. The van der Waals surface area contributed by atoms with E-state index in [-0.39, 0.29) is 18.2 Å². The van der Waals surface area contributed by atoms with Crippen molar-refractivity contribution in [1.82, 2.24) is 0 Å². The molecule has 0 N–H and O–H groups in total. The molecule has 0 amide bonds. The number of hydrogen-bond acceptors (Lipinski definition) is 4. The Bertz CT molecular complexity index is 584. The minimum Gasteiger partial charge on any atom is -0.469 e. The van der Waals surface area contributed by atoms with Crippen LogP contribution in [0.3, 0.4) is 0 Å². The van der Waals surface area contributed by atoms with Gasteiger partial charge in [0.25, 0.3) is 0 Å². The molecule has 1 aliphatic rings. The Balaban J connectivity index is 2.38. The summed E-state index contributed by atoms with van der Waals surface area (Å²) in [6, 6.07) is 5.63. The summed E-state index contributed by atoms with van der Waals surface area (Å²) in [5, 5.41) is 0.664. The van der Waals surface area contributed by atoms with Crippen molar-refractivity contribution in [1.29, 1.82) is 0 Å². The summed E-state index contributed by atoms with van der Waals surface area (Å²) in [6.45, 7) is 9.96. The predicted molar refractivity (Wildman–Crippen MR) is 91.6 cm³/mol. The smallest absolute Gasteiger partial charge is 0.466 e. The Labute approximate surface area is 143 Å². The second kappa shape index (κ2) is 6.46. The molecule has 0 radical (unpaired) electrons. The van der Waals surface area contributed by atoms with E-state index in [2.05, 4.69) is 0 Å². The zero-order chi connectivity index (χ0) is 17.4. The summed E-state index contributed by atoms with van der Waals surface area (Å²) in [7, 11) is 0.872. The van der Waals surface area contributed by atoms with Gasteiger partial charge in [0.05, 0.1) is 24.7 Å². The summed E-state index contributed by atoms with van der Waals surface area (Å²) in [6.07, 6.45) is 0.190. The van der Waals surface area contributed by atoms with Crippen molar-refractivity contribution in [3.8, 4) is 0 Å². The number of esters is 1. The molecule has 0 bridgehead atoms. The van der Waals surface area contributed by atoms with Crippen LogP contribution >= 0.6 is 11.6 Å². The van der Waals surface area contributed by atoms with Crippen molar-refractivity contribution < 1.29 is 18.8 Å². The molecule has 0 saturated carbocycles. The van der Waals surface area contributed by atoms with Crippen molar-refractivity contribution in [2.45, 2.75) is 58.1 Å². The number of hydrogen-bond donors (Lipinski definition) is 0. The van der Waals surface area contributed by atoms with Crippen LogP contribution in [0.4, 0.5) is 0 Å². The molecule has 4 nitrogen and oxygen atoms in total. The molecule has 6 heteroatoms. The number of ether oxygens (including phenoxy) is 1. The van der Waals surface area contributed by atoms with E-state index in [1.165, 1.54) is 7.11 Å². The maximum Gasteiger partial charge on any atom is 0.466 e. The number of aryl methyl sites for hydroxylation is 1. The molecule has 23 heavy (non-hydrogen) atoms. The molecule has 1 unspecified atom stereocenters. The number of benzene rings is 1. The molecule has 1 aromatic rings. The van der Waals surface area contributed by atoms with Crippen LogP contribution in [0.15, 0.2) is 18.2 Å². The minimum atomic E-state index is -0.515. The number of carbonyl (C=O) groups is 1. The molecule has 1 atom stereocenters. The highest BCUT2D eigenvalue weighted by atomic mass is 35.5. The van der Waals surface area contributed by atoms with Gasteiger partial charge in [0.1, 0.15) is 0 Å². The Hall–Kier alpha value is -1.04. The van der Waals surface area contributed by atoms with Crippen molar-refractivity contribution in [3.05, 3.63) is 34.3 Å². The van der Waals surface area contributed by atoms with Gasteiger partial charge in [-0.05, 0) is 57.9 Å². The van der Waals surface area contributed by atoms with Gasteiger partial charge in [0, 0.05) is 10.8 Å². The van der Waals surface area contributed by atoms with E-state index in [4.69, 9.17) is 25.6 Å². The third-order valence-electron chi connectivity index (χ3n) is 4.85. The number of rotatable bonds is 4. The highest BCUT2D eigenvalue weighted by Gasteiger charge is 2.54. The Morgan fingerprint density at radius 3 is 2.30 bits per heavy atom. The first kappa shape index (κ1) is 18.3. The van der Waals surface area contributed by atoms with Crippen LogP contribution in [0.2, 0.25) is 5.02 Å². The lowest BCUT2D eigenvalue weighted by Gasteiger charge is -2.32. The molecule has 2 rings (SSSR count). The van der Waals surface area contributed by atoms with Crippen LogP contribution in [-0.4, -0.2) is 31.4 Å². The van der Waals surface area contributed by atoms with Crippen LogP contribution in [0.25, 0.3) is 0 Å². The van der Waals surface area contributed by atoms with Crippen LogP contribution in [-0.2, 0) is 18.8 Å². The highest BCUT2D eigenvalue weighted by molar-refractivity contribution is 6.48. The molecular formula is C17H24BClO4. The third-order valence-corrected chi connectivity index (χ3v) is 5.08. The SMILES string of the molecule is COC(=O)CC(B1OC(C)(C)C(C)(C)O1)c1ccc(Cl)cc1C. The maximum atomic E-state index is 11.9. The van der Waals surface area contributed by atoms with Crippen LogP contribution in [0.1, 0.15) is 51.1 Å². The van der Waals surface area contributed by atoms with Gasteiger partial charge in [-0.2, -0.15) is 0 Å². The molecule has 1 fully saturated rings. The first-order chi connectivity index (χ1) is 10.6. The van der Waals surface area contributed by atoms with Crippen molar-refractivity contribution in [3.63, 3.8) is 0 Å². The lowest BCUT2D eigenvalue weighted by atomic mass is 9.65. The number of halogens is 1. The van der Waals surface area contributed by atoms with E-state index in [1.807, 2.05) is 52.8 Å². The third kappa shape index (κ3) is 3.73. The van der Waals surface area contributed by atoms with Gasteiger partial charge >= 0.3 is 13.1 Å². The van der Waals surface area contributed by atoms with Gasteiger partial charge in [-0.15, -0.1) is 0 Å². The fourth-order valence-corrected chi connectivity index (χ4v) is 2.95. The second-order valence-electron chi connectivity index (χ2n) is 7.01. The molecule has 0 spiro atoms. The van der Waals surface area contributed by atoms with Gasteiger partial charge < -0.3 is 14.0 Å². The molecule has 1 heterocycles. The minimum absolute atomic E-state index is 0.190. The molecule has 1 aromatic carbocycles. The molecule has 1 saturated heterocycles. The maximum absolute atomic E-state index is 11.9. The van der Waals surface area contributed by atoms with Gasteiger partial charge in [0.2, 0.25) is 0 Å². The Kier molecular flexibility index (Phi) is 5.14. The van der Waals surface area contributed by atoms with E-state index < -0.39 is 18.3 Å². The van der Waals surface area contributed by atoms with Crippen LogP contribution in [0, 0.1) is 6.92 Å². The summed E-state index contributed by atoms with van der Waals surface area (Å²) in [4.78, 5) is 11.9. The highest BCUT2D eigenvalue weighted by Crippen LogP contribution is 2.42. The monoisotopic (exact) mass is 338 g/mol. The first-order valence-corrected chi connectivity index (χ1v) is 8.13. The number of carbonyl (C=O) groups excluding carboxylic acids is 1. The van der Waals surface area contributed by atoms with E-state index in [0.29, 0.717) is 5.02 Å². The average molecular weight is 339 g/mol. The second-order valence-corrected chi connectivity index (χ2v) is 7.45. The van der Waals surface area contributed by atoms with Gasteiger partial charge in [-0.3, -0.25) is 4.79 Å². The largest absolute Gasteiger partial charge is 0.469 e. The Morgan fingerprint density at radius 2 is 1.83 bits per heavy atom. The van der Waals surface area contributed by atoms with Gasteiger partial charge in [-0.25, -0.2) is 0 Å². The zero-order valence-corrected chi connectivity index (χ0v) is 15.4. The number of methoxy groups -OCH3 is 1. The molecule has 126 valence electrons. The zero-order valence-electron chi connectivity index (χ0n) is 14.6. The average Bonchev–Trinajstić information content (AvgIpc) is 2.65. The Morgan fingerprint density at radius 1 is 1.26 bits per heavy atom. The molecule has 1 aliphatic heterocycles. The molecular weight excluding hydrogens is 314 g/mol. The van der Waals surface area contributed by atoms with E-state index in [0.717, 1.165) is 11.1 Å². The normalized spacial score (nSPS) is 20.4. The van der Waals surface area contributed by atoms with Crippen LogP contribution in [0.5, 0.6) is 0 Å². The van der Waals surface area contributed by atoms with Crippen molar-refractivity contribution >= 4 is 24.7 Å². The first-order valence-electron chi connectivity index (χ1n) is 7.76. The van der Waals surface area contributed by atoms with Crippen molar-refractivity contribution in [2.75, 3.05) is 7.11 Å². The van der Waals surface area contributed by atoms with E-state index >= 15 is 0 Å². The van der Waals surface area contributed by atoms with Crippen LogP contribution < -0.4 is 0 Å². The summed E-state index contributed by atoms with van der Waals surface area (Å²) >= 11 is 6.05. The fourth-order valence-electron chi connectivity index (χ4n) is 2.72. The standard InChI is InChI=1S/C17H24BClO4/c1-11-9-12(19)7-8-13(11)14(10-15(20)21-6)18-22-16(2,3)17(4,5)23-18/h7-9,14H,10H2,1-6H3. The summed E-state index contributed by atoms with van der Waals surface area (Å²) in [5.41, 5.74) is 1.08. The fraction of sp³-hybridized carbons (Fsp3) is 0.588. The molecule has 0 aliphatic carbocycles.